The van der Waals surface area contributed by atoms with Crippen LogP contribution in [0.1, 0.15) is 68.9 Å². The number of hydrogen-bond donors (Lipinski definition) is 1. The number of rotatable bonds is 5. The highest BCUT2D eigenvalue weighted by Gasteiger charge is 2.52. The summed E-state index contributed by atoms with van der Waals surface area (Å²) >= 11 is 0. The largest absolute Gasteiger partial charge is 0.508 e. The Morgan fingerprint density at radius 3 is 2.90 bits per heavy atom. The average molecular weight is 396 g/mol. The lowest BCUT2D eigenvalue weighted by Gasteiger charge is -2.49. The van der Waals surface area contributed by atoms with Crippen LogP contribution in [0.3, 0.4) is 0 Å². The van der Waals surface area contributed by atoms with Crippen molar-refractivity contribution in [3.05, 3.63) is 41.0 Å². The van der Waals surface area contributed by atoms with Gasteiger partial charge in [0.2, 0.25) is 0 Å². The number of ether oxygens (including phenoxy) is 1. The fourth-order valence-electron chi connectivity index (χ4n) is 7.19. The average Bonchev–Trinajstić information content (AvgIpc) is 3.35. The molecule has 3 fully saturated rings. The van der Waals surface area contributed by atoms with Crippen molar-refractivity contribution >= 4 is 0 Å². The molecule has 1 N–H and O–H groups in total. The summed E-state index contributed by atoms with van der Waals surface area (Å²) in [6.45, 7) is 7.83. The summed E-state index contributed by atoms with van der Waals surface area (Å²) in [5, 5.41) is 9.87. The molecule has 0 radical (unpaired) electrons. The molecule has 4 atom stereocenters. The number of aromatic hydroxyl groups is 1. The van der Waals surface area contributed by atoms with Gasteiger partial charge in [0.15, 0.2) is 0 Å². The quantitative estimate of drug-likeness (QED) is 0.543. The molecule has 1 aromatic rings. The number of phenols is 1. The highest BCUT2D eigenvalue weighted by Crippen LogP contribution is 2.62. The summed E-state index contributed by atoms with van der Waals surface area (Å²) in [5.41, 5.74) is 4.99. The number of fused-ring (bicyclic) bond motifs is 5. The van der Waals surface area contributed by atoms with Crippen LogP contribution in [0.25, 0.3) is 0 Å². The Bertz CT molecular complexity index is 766. The number of likely N-dealkylation sites (tertiary alicyclic amines) is 1. The summed E-state index contributed by atoms with van der Waals surface area (Å²) < 4.78 is 6.00. The van der Waals surface area contributed by atoms with Crippen molar-refractivity contribution in [3.63, 3.8) is 0 Å². The predicted molar refractivity (Wildman–Crippen MR) is 117 cm³/mol. The molecule has 3 heteroatoms. The van der Waals surface area contributed by atoms with Gasteiger partial charge < -0.3 is 14.7 Å². The predicted octanol–water partition coefficient (Wildman–Crippen LogP) is 5.29. The van der Waals surface area contributed by atoms with Crippen LogP contribution < -0.4 is 0 Å². The first kappa shape index (κ1) is 19.6. The van der Waals surface area contributed by atoms with E-state index < -0.39 is 0 Å². The zero-order chi connectivity index (χ0) is 19.8. The first-order valence-electron chi connectivity index (χ1n) is 12.0. The zero-order valence-corrected chi connectivity index (χ0v) is 18.0. The molecule has 1 aromatic carbocycles. The second kappa shape index (κ2) is 8.07. The molecule has 1 saturated heterocycles. The summed E-state index contributed by atoms with van der Waals surface area (Å²) in [4.78, 5) is 2.53. The van der Waals surface area contributed by atoms with Gasteiger partial charge in [-0.3, -0.25) is 0 Å². The van der Waals surface area contributed by atoms with Crippen LogP contribution in [0, 0.1) is 17.3 Å². The first-order chi connectivity index (χ1) is 14.1. The first-order valence-corrected chi connectivity index (χ1v) is 12.0. The molecule has 1 aliphatic heterocycles. The maximum atomic E-state index is 9.87. The highest BCUT2D eigenvalue weighted by atomic mass is 16.5. The minimum Gasteiger partial charge on any atom is -0.508 e. The monoisotopic (exact) mass is 395 g/mol. The third-order valence-corrected chi connectivity index (χ3v) is 8.76. The fraction of sp³-hybridized carbons (Fsp3) is 0.692. The Morgan fingerprint density at radius 1 is 1.17 bits per heavy atom. The van der Waals surface area contributed by atoms with E-state index in [1.807, 2.05) is 12.1 Å². The lowest BCUT2D eigenvalue weighted by molar-refractivity contribution is 0.0800. The molecular formula is C26H37NO2. The van der Waals surface area contributed by atoms with E-state index in [1.54, 1.807) is 5.57 Å². The minimum atomic E-state index is 0.383. The van der Waals surface area contributed by atoms with Crippen LogP contribution in [0.2, 0.25) is 0 Å². The number of benzene rings is 1. The fourth-order valence-corrected chi connectivity index (χ4v) is 7.19. The number of nitrogens with zero attached hydrogens (tertiary/aromatic N) is 1. The Kier molecular flexibility index (Phi) is 5.47. The Labute approximate surface area is 176 Å². The van der Waals surface area contributed by atoms with Crippen LogP contribution in [0.5, 0.6) is 5.75 Å². The van der Waals surface area contributed by atoms with E-state index in [1.165, 1.54) is 69.2 Å². The van der Waals surface area contributed by atoms with E-state index in [0.717, 1.165) is 38.0 Å². The van der Waals surface area contributed by atoms with Crippen molar-refractivity contribution in [2.45, 2.75) is 64.2 Å². The van der Waals surface area contributed by atoms with E-state index in [4.69, 9.17) is 4.74 Å². The molecule has 158 valence electrons. The van der Waals surface area contributed by atoms with Gasteiger partial charge in [0.1, 0.15) is 5.75 Å². The van der Waals surface area contributed by atoms with E-state index in [0.29, 0.717) is 17.1 Å². The molecule has 0 amide bonds. The van der Waals surface area contributed by atoms with Gasteiger partial charge in [-0.05, 0) is 111 Å². The van der Waals surface area contributed by atoms with Crippen molar-refractivity contribution in [2.24, 2.45) is 17.3 Å². The summed E-state index contributed by atoms with van der Waals surface area (Å²) in [6.07, 6.45) is 12.8. The molecular weight excluding hydrogens is 358 g/mol. The van der Waals surface area contributed by atoms with E-state index in [9.17, 15) is 5.11 Å². The number of aryl methyl sites for hydroxylation is 1. The normalized spacial score (nSPS) is 35.5. The molecule has 0 bridgehead atoms. The molecule has 2 saturated carbocycles. The van der Waals surface area contributed by atoms with Gasteiger partial charge in [0.05, 0.1) is 13.2 Å². The summed E-state index contributed by atoms with van der Waals surface area (Å²) in [6, 6.07) is 6.12. The molecule has 0 unspecified atom stereocenters. The van der Waals surface area contributed by atoms with Crippen LogP contribution in [-0.2, 0) is 11.2 Å². The van der Waals surface area contributed by atoms with E-state index in [-0.39, 0.29) is 0 Å². The summed E-state index contributed by atoms with van der Waals surface area (Å²) in [7, 11) is 0. The lowest BCUT2D eigenvalue weighted by Crippen LogP contribution is -2.40. The lowest BCUT2D eigenvalue weighted by atomic mass is 9.55. The van der Waals surface area contributed by atoms with Crippen LogP contribution in [0.15, 0.2) is 29.8 Å². The molecule has 0 spiro atoms. The van der Waals surface area contributed by atoms with Gasteiger partial charge in [0.25, 0.3) is 0 Å². The standard InChI is InChI=1S/C26H37NO2/c1-26-12-10-23-22-8-6-21(28)18-19(22)4-7-24(23)25(26)9-5-20(26)11-16-29-17-15-27-13-2-3-14-27/h6,8,11,18,23-25,28H,2-5,7,9-10,12-17H2,1H3/t23-,24-,25+,26-/m1/s1. The molecule has 1 heterocycles. The van der Waals surface area contributed by atoms with Gasteiger partial charge in [-0.15, -0.1) is 0 Å². The van der Waals surface area contributed by atoms with Crippen molar-refractivity contribution in [2.75, 3.05) is 32.8 Å². The third-order valence-electron chi connectivity index (χ3n) is 8.76. The van der Waals surface area contributed by atoms with Crippen LogP contribution >= 0.6 is 0 Å². The van der Waals surface area contributed by atoms with Crippen LogP contribution in [0.4, 0.5) is 0 Å². The van der Waals surface area contributed by atoms with Crippen molar-refractivity contribution in [1.29, 1.82) is 0 Å². The van der Waals surface area contributed by atoms with Gasteiger partial charge in [0, 0.05) is 6.54 Å². The molecule has 5 rings (SSSR count). The Morgan fingerprint density at radius 2 is 2.03 bits per heavy atom. The summed E-state index contributed by atoms with van der Waals surface area (Å²) in [5.74, 6) is 2.76. The Hall–Kier alpha value is -1.32. The van der Waals surface area contributed by atoms with Crippen LogP contribution in [-0.4, -0.2) is 42.9 Å². The number of hydrogen-bond acceptors (Lipinski definition) is 3. The zero-order valence-electron chi connectivity index (χ0n) is 18.0. The highest BCUT2D eigenvalue weighted by molar-refractivity contribution is 5.40. The van der Waals surface area contributed by atoms with Gasteiger partial charge in [-0.25, -0.2) is 0 Å². The maximum absolute atomic E-state index is 9.87. The molecule has 29 heavy (non-hydrogen) atoms. The Balaban J connectivity index is 1.22. The molecule has 4 aliphatic rings. The second-order valence-corrected chi connectivity index (χ2v) is 10.1. The number of phenolic OH excluding ortho intramolecular Hbond substituents is 1. The SMILES string of the molecule is C[C@]12CC[C@@H]3c4ccc(O)cc4CC[C@H]3[C@@H]1CCC2=CCOCCN1CCCC1. The minimum absolute atomic E-state index is 0.383. The van der Waals surface area contributed by atoms with Crippen molar-refractivity contribution < 1.29 is 9.84 Å². The van der Waals surface area contributed by atoms with Gasteiger partial charge >= 0.3 is 0 Å². The van der Waals surface area contributed by atoms with E-state index >= 15 is 0 Å². The van der Waals surface area contributed by atoms with Gasteiger partial charge in [-0.1, -0.05) is 24.6 Å². The molecule has 3 nitrogen and oxygen atoms in total. The maximum Gasteiger partial charge on any atom is 0.115 e. The second-order valence-electron chi connectivity index (χ2n) is 10.1. The topological polar surface area (TPSA) is 32.7 Å². The third kappa shape index (κ3) is 3.65. The molecule has 0 aromatic heterocycles. The number of allylic oxidation sites excluding steroid dienone is 1. The van der Waals surface area contributed by atoms with E-state index in [2.05, 4.69) is 24.0 Å². The smallest absolute Gasteiger partial charge is 0.115 e. The van der Waals surface area contributed by atoms with Crippen molar-refractivity contribution in [1.82, 2.24) is 4.90 Å². The van der Waals surface area contributed by atoms with Gasteiger partial charge in [-0.2, -0.15) is 0 Å². The van der Waals surface area contributed by atoms with Crippen molar-refractivity contribution in [3.8, 4) is 5.75 Å². The molecule has 3 aliphatic carbocycles.